The second kappa shape index (κ2) is 15.6. The number of hydrogen-bond acceptors (Lipinski definition) is 9. The lowest BCUT2D eigenvalue weighted by molar-refractivity contribution is 0.0517. The lowest BCUT2D eigenvalue weighted by Crippen LogP contribution is -2.32. The first-order chi connectivity index (χ1) is 21.2. The van der Waals surface area contributed by atoms with Crippen molar-refractivity contribution in [3.8, 4) is 28.0 Å². The first kappa shape index (κ1) is 32.9. The van der Waals surface area contributed by atoms with Crippen LogP contribution in [0.4, 0.5) is 4.79 Å². The molecule has 236 valence electrons. The van der Waals surface area contributed by atoms with E-state index in [1.54, 1.807) is 12.1 Å². The van der Waals surface area contributed by atoms with Gasteiger partial charge in [-0.15, -0.1) is 0 Å². The molecule has 11 heteroatoms. The van der Waals surface area contributed by atoms with E-state index in [-0.39, 0.29) is 12.3 Å². The zero-order valence-corrected chi connectivity index (χ0v) is 26.0. The Kier molecular flexibility index (Phi) is 11.7. The zero-order chi connectivity index (χ0) is 31.5. The molecule has 0 saturated carbocycles. The number of pyridine rings is 1. The summed E-state index contributed by atoms with van der Waals surface area (Å²) < 4.78 is 16.6. The highest BCUT2D eigenvalue weighted by Gasteiger charge is 2.23. The van der Waals surface area contributed by atoms with Crippen LogP contribution in [0.1, 0.15) is 44.6 Å². The Morgan fingerprint density at radius 1 is 0.955 bits per heavy atom. The molecule has 44 heavy (non-hydrogen) atoms. The van der Waals surface area contributed by atoms with Crippen molar-refractivity contribution in [2.24, 2.45) is 5.73 Å². The fraction of sp³-hybridized carbons (Fsp3) is 0.424. The molecule has 2 heterocycles. The maximum absolute atomic E-state index is 12.7. The maximum Gasteiger partial charge on any atom is 0.407 e. The van der Waals surface area contributed by atoms with Crippen molar-refractivity contribution in [3.63, 3.8) is 0 Å². The van der Waals surface area contributed by atoms with E-state index < -0.39 is 11.7 Å². The van der Waals surface area contributed by atoms with Gasteiger partial charge in [-0.2, -0.15) is 5.10 Å². The van der Waals surface area contributed by atoms with Crippen LogP contribution in [0.5, 0.6) is 5.75 Å². The molecule has 4 rings (SSSR count). The van der Waals surface area contributed by atoms with Crippen LogP contribution in [0.25, 0.3) is 33.2 Å². The molecule has 0 bridgehead atoms. The van der Waals surface area contributed by atoms with Gasteiger partial charge in [0, 0.05) is 36.1 Å². The summed E-state index contributed by atoms with van der Waals surface area (Å²) in [5.74, 6) is 0.174. The Morgan fingerprint density at radius 2 is 1.64 bits per heavy atom. The predicted octanol–water partition coefficient (Wildman–Crippen LogP) is 4.67. The number of aromatic nitrogens is 3. The van der Waals surface area contributed by atoms with E-state index in [0.29, 0.717) is 58.2 Å². The van der Waals surface area contributed by atoms with Crippen LogP contribution in [0, 0.1) is 0 Å². The van der Waals surface area contributed by atoms with E-state index in [1.807, 2.05) is 45.2 Å². The molecule has 0 unspecified atom stereocenters. The van der Waals surface area contributed by atoms with Gasteiger partial charge >= 0.3 is 6.09 Å². The molecule has 11 nitrogen and oxygen atoms in total. The van der Waals surface area contributed by atoms with Crippen LogP contribution >= 0.6 is 0 Å². The normalized spacial score (nSPS) is 11.7. The number of carbonyl (C=O) groups is 1. The third-order valence-corrected chi connectivity index (χ3v) is 6.84. The van der Waals surface area contributed by atoms with Gasteiger partial charge in [-0.25, -0.2) is 4.79 Å². The number of rotatable bonds is 15. The molecule has 2 aromatic heterocycles. The van der Waals surface area contributed by atoms with Crippen LogP contribution in [0.2, 0.25) is 0 Å². The summed E-state index contributed by atoms with van der Waals surface area (Å²) in [7, 11) is 0. The van der Waals surface area contributed by atoms with E-state index in [1.165, 1.54) is 0 Å². The topological polar surface area (TPSA) is 157 Å². The molecule has 6 N–H and O–H groups in total. The van der Waals surface area contributed by atoms with E-state index in [2.05, 4.69) is 39.9 Å². The Balaban J connectivity index is 1.72. The number of alkyl carbamates (subject to hydrolysis) is 1. The first-order valence-electron chi connectivity index (χ1n) is 15.0. The summed E-state index contributed by atoms with van der Waals surface area (Å²) in [6.45, 7) is 11.4. The van der Waals surface area contributed by atoms with Crippen molar-refractivity contribution >= 4 is 17.0 Å². The summed E-state index contributed by atoms with van der Waals surface area (Å²) >= 11 is 0. The molecule has 0 spiro atoms. The lowest BCUT2D eigenvalue weighted by Gasteiger charge is -2.23. The standard InChI is InChI=1S/C33H44N6O5/c1-5-26-30(22-6-9-25(40)10-7-22)29(21-36-32(41)44-33(2,3)4)38-28(20-35-13-15-43-17-16-42-14-12-34)31(26)23-8-11-27-24(18-23)19-37-39-27/h6-11,18-19,35,40H,5,12-17,20-21,34H2,1-4H3,(H,36,41)(H,37,39). The second-order valence-electron chi connectivity index (χ2n) is 11.4. The number of amides is 1. The molecule has 0 aliphatic heterocycles. The van der Waals surface area contributed by atoms with Gasteiger partial charge in [0.25, 0.3) is 0 Å². The maximum atomic E-state index is 12.7. The number of hydrogen-bond donors (Lipinski definition) is 5. The molecule has 1 amide bonds. The number of fused-ring (bicyclic) bond motifs is 1. The molecule has 4 aromatic rings. The number of benzene rings is 2. The van der Waals surface area contributed by atoms with Gasteiger partial charge in [-0.3, -0.25) is 10.1 Å². The van der Waals surface area contributed by atoms with Gasteiger partial charge in [0.2, 0.25) is 0 Å². The Bertz CT molecular complexity index is 1510. The molecule has 0 aliphatic rings. The first-order valence-corrected chi connectivity index (χ1v) is 15.0. The minimum atomic E-state index is -0.630. The number of carbonyl (C=O) groups excluding carboxylic acids is 1. The minimum absolute atomic E-state index is 0.165. The summed E-state index contributed by atoms with van der Waals surface area (Å²) in [6, 6.07) is 13.3. The number of aromatic hydroxyl groups is 1. The number of H-pyrrole nitrogens is 1. The fourth-order valence-electron chi connectivity index (χ4n) is 4.99. The fourth-order valence-corrected chi connectivity index (χ4v) is 4.99. The minimum Gasteiger partial charge on any atom is -0.508 e. The highest BCUT2D eigenvalue weighted by atomic mass is 16.6. The number of aromatic amines is 1. The van der Waals surface area contributed by atoms with E-state index in [9.17, 15) is 9.90 Å². The van der Waals surface area contributed by atoms with Crippen molar-refractivity contribution < 1.29 is 24.1 Å². The molecule has 0 aliphatic carbocycles. The molecular formula is C33H44N6O5. The van der Waals surface area contributed by atoms with Gasteiger partial charge in [0.1, 0.15) is 11.4 Å². The average Bonchev–Trinajstić information content (AvgIpc) is 3.46. The summed E-state index contributed by atoms with van der Waals surface area (Å²) in [4.78, 5) is 17.8. The van der Waals surface area contributed by atoms with Gasteiger partial charge < -0.3 is 35.7 Å². The monoisotopic (exact) mass is 604 g/mol. The quantitative estimate of drug-likeness (QED) is 0.122. The van der Waals surface area contributed by atoms with Crippen LogP contribution in [-0.2, 0) is 33.7 Å². The smallest absolute Gasteiger partial charge is 0.407 e. The van der Waals surface area contributed by atoms with Crippen LogP contribution in [-0.4, -0.2) is 71.5 Å². The molecular weight excluding hydrogens is 560 g/mol. The molecule has 2 aromatic carbocycles. The number of nitrogens with two attached hydrogens (primary N) is 1. The number of ether oxygens (including phenoxy) is 3. The Labute approximate surface area is 258 Å². The molecule has 0 saturated heterocycles. The predicted molar refractivity (Wildman–Crippen MR) is 171 cm³/mol. The van der Waals surface area contributed by atoms with Crippen LogP contribution in [0.15, 0.2) is 48.7 Å². The van der Waals surface area contributed by atoms with Crippen molar-refractivity contribution in [1.82, 2.24) is 25.8 Å². The number of phenols is 1. The SMILES string of the molecule is CCc1c(-c2ccc3[nH]ncc3c2)c(CNCCOCCOCCN)nc(CNC(=O)OC(C)(C)C)c1-c1ccc(O)cc1. The Morgan fingerprint density at radius 3 is 2.34 bits per heavy atom. The summed E-state index contributed by atoms with van der Waals surface area (Å²) in [5, 5.41) is 24.6. The van der Waals surface area contributed by atoms with Crippen molar-refractivity contribution in [2.45, 2.75) is 52.8 Å². The molecule has 0 atom stereocenters. The van der Waals surface area contributed by atoms with Crippen molar-refractivity contribution in [3.05, 3.63) is 65.6 Å². The van der Waals surface area contributed by atoms with Gasteiger partial charge in [0.15, 0.2) is 0 Å². The van der Waals surface area contributed by atoms with Crippen LogP contribution < -0.4 is 16.4 Å². The van der Waals surface area contributed by atoms with Gasteiger partial charge in [-0.1, -0.05) is 25.1 Å². The van der Waals surface area contributed by atoms with Gasteiger partial charge in [-0.05, 0) is 68.1 Å². The van der Waals surface area contributed by atoms with Gasteiger partial charge in [0.05, 0.1) is 56.1 Å². The van der Waals surface area contributed by atoms with E-state index in [0.717, 1.165) is 44.4 Å². The third-order valence-electron chi connectivity index (χ3n) is 6.84. The lowest BCUT2D eigenvalue weighted by atomic mass is 9.87. The van der Waals surface area contributed by atoms with E-state index in [4.69, 9.17) is 24.9 Å². The third kappa shape index (κ3) is 8.99. The Hall–Kier alpha value is -4.03. The summed E-state index contributed by atoms with van der Waals surface area (Å²) in [5.41, 5.74) is 12.2. The summed E-state index contributed by atoms with van der Waals surface area (Å²) in [6.07, 6.45) is 2.00. The van der Waals surface area contributed by atoms with Crippen molar-refractivity contribution in [1.29, 1.82) is 0 Å². The molecule has 0 radical (unpaired) electrons. The zero-order valence-electron chi connectivity index (χ0n) is 26.0. The largest absolute Gasteiger partial charge is 0.508 e. The molecule has 0 fully saturated rings. The van der Waals surface area contributed by atoms with Crippen LogP contribution in [0.3, 0.4) is 0 Å². The highest BCUT2D eigenvalue weighted by molar-refractivity contribution is 5.88. The number of phenolic OH excluding ortho intramolecular Hbond substituents is 1. The van der Waals surface area contributed by atoms with Crippen molar-refractivity contribution in [2.75, 3.05) is 39.5 Å². The second-order valence-corrected chi connectivity index (χ2v) is 11.4. The highest BCUT2D eigenvalue weighted by Crippen LogP contribution is 2.38. The number of nitrogens with one attached hydrogen (secondary N) is 3. The average molecular weight is 605 g/mol. The number of nitrogens with zero attached hydrogens (tertiary/aromatic N) is 2. The van der Waals surface area contributed by atoms with E-state index >= 15 is 0 Å².